The Kier molecular flexibility index (Phi) is 8.98. The molecular formula is C21H26BrNO5S. The number of rotatable bonds is 11. The highest BCUT2D eigenvalue weighted by Crippen LogP contribution is 2.31. The molecule has 0 aliphatic carbocycles. The van der Waals surface area contributed by atoms with E-state index in [4.69, 9.17) is 9.47 Å². The zero-order valence-electron chi connectivity index (χ0n) is 16.6. The highest BCUT2D eigenvalue weighted by Gasteiger charge is 2.18. The zero-order chi connectivity index (χ0) is 21.3. The predicted octanol–water partition coefficient (Wildman–Crippen LogP) is 4.58. The summed E-state index contributed by atoms with van der Waals surface area (Å²) in [6, 6.07) is 12.0. The summed E-state index contributed by atoms with van der Waals surface area (Å²) < 4.78 is 36.9. The van der Waals surface area contributed by atoms with Crippen LogP contribution in [0.25, 0.3) is 0 Å². The van der Waals surface area contributed by atoms with Gasteiger partial charge in [0.1, 0.15) is 5.75 Å². The first-order chi connectivity index (χ1) is 13.8. The van der Waals surface area contributed by atoms with Gasteiger partial charge in [-0.25, -0.2) is 8.42 Å². The molecule has 2 rings (SSSR count). The molecule has 0 aliphatic heterocycles. The van der Waals surface area contributed by atoms with Crippen LogP contribution in [0, 0.1) is 0 Å². The second kappa shape index (κ2) is 11.2. The lowest BCUT2D eigenvalue weighted by molar-refractivity contribution is -0.113. The summed E-state index contributed by atoms with van der Waals surface area (Å²) in [6.07, 6.45) is 1.69. The Morgan fingerprint density at radius 1 is 1.00 bits per heavy atom. The van der Waals surface area contributed by atoms with E-state index in [1.54, 1.807) is 36.4 Å². The Morgan fingerprint density at radius 3 is 2.34 bits per heavy atom. The van der Waals surface area contributed by atoms with Gasteiger partial charge in [0.15, 0.2) is 21.3 Å². The van der Waals surface area contributed by atoms with E-state index in [1.165, 1.54) is 0 Å². The molecule has 158 valence electrons. The van der Waals surface area contributed by atoms with E-state index in [2.05, 4.69) is 21.2 Å². The van der Waals surface area contributed by atoms with Crippen LogP contribution >= 0.6 is 15.9 Å². The number of nitrogens with one attached hydrogen (secondary N) is 1. The smallest absolute Gasteiger partial charge is 0.239 e. The minimum absolute atomic E-state index is 0.200. The van der Waals surface area contributed by atoms with Crippen molar-refractivity contribution < 1.29 is 22.7 Å². The van der Waals surface area contributed by atoms with Crippen LogP contribution < -0.4 is 14.8 Å². The van der Waals surface area contributed by atoms with Crippen LogP contribution in [0.4, 0.5) is 5.69 Å². The van der Waals surface area contributed by atoms with Gasteiger partial charge in [-0.1, -0.05) is 41.9 Å². The van der Waals surface area contributed by atoms with E-state index < -0.39 is 21.5 Å². The van der Waals surface area contributed by atoms with Gasteiger partial charge in [0.05, 0.1) is 19.0 Å². The van der Waals surface area contributed by atoms with Crippen molar-refractivity contribution in [3.8, 4) is 11.5 Å². The first-order valence-corrected chi connectivity index (χ1v) is 12.1. The number of ether oxygens (including phenoxy) is 2. The summed E-state index contributed by atoms with van der Waals surface area (Å²) in [5.74, 6) is -0.271. The van der Waals surface area contributed by atoms with Gasteiger partial charge in [-0.05, 0) is 42.7 Å². The van der Waals surface area contributed by atoms with Crippen LogP contribution in [0.3, 0.4) is 0 Å². The molecule has 0 aromatic heterocycles. The SMILES string of the molecule is CCCOc1ccc(NC(=O)CS(=O)(=O)Cc2cccc(Br)c2)cc1OCCC. The predicted molar refractivity (Wildman–Crippen MR) is 118 cm³/mol. The summed E-state index contributed by atoms with van der Waals surface area (Å²) in [5, 5.41) is 2.63. The molecule has 0 saturated carbocycles. The number of anilines is 1. The number of hydrogen-bond donors (Lipinski definition) is 1. The lowest BCUT2D eigenvalue weighted by Gasteiger charge is -2.14. The van der Waals surface area contributed by atoms with Crippen LogP contribution in [-0.4, -0.2) is 33.3 Å². The van der Waals surface area contributed by atoms with Crippen molar-refractivity contribution in [2.45, 2.75) is 32.4 Å². The average molecular weight is 484 g/mol. The van der Waals surface area contributed by atoms with E-state index in [9.17, 15) is 13.2 Å². The molecular weight excluding hydrogens is 458 g/mol. The molecule has 6 nitrogen and oxygen atoms in total. The van der Waals surface area contributed by atoms with Crippen LogP contribution in [0.2, 0.25) is 0 Å². The monoisotopic (exact) mass is 483 g/mol. The van der Waals surface area contributed by atoms with Crippen molar-refractivity contribution in [2.75, 3.05) is 24.3 Å². The Hall–Kier alpha value is -2.06. The third-order valence-corrected chi connectivity index (χ3v) is 5.75. The van der Waals surface area contributed by atoms with Gasteiger partial charge in [-0.3, -0.25) is 4.79 Å². The van der Waals surface area contributed by atoms with Crippen LogP contribution in [-0.2, 0) is 20.4 Å². The maximum Gasteiger partial charge on any atom is 0.239 e. The fraction of sp³-hybridized carbons (Fsp3) is 0.381. The summed E-state index contributed by atoms with van der Waals surface area (Å²) in [5.41, 5.74) is 1.09. The van der Waals surface area contributed by atoms with Crippen LogP contribution in [0.5, 0.6) is 11.5 Å². The van der Waals surface area contributed by atoms with E-state index in [-0.39, 0.29) is 5.75 Å². The highest BCUT2D eigenvalue weighted by molar-refractivity contribution is 9.10. The van der Waals surface area contributed by atoms with Crippen molar-refractivity contribution in [1.29, 1.82) is 0 Å². The van der Waals surface area contributed by atoms with Crippen molar-refractivity contribution >= 4 is 37.4 Å². The molecule has 0 fully saturated rings. The Morgan fingerprint density at radius 2 is 1.69 bits per heavy atom. The van der Waals surface area contributed by atoms with Gasteiger partial charge >= 0.3 is 0 Å². The van der Waals surface area contributed by atoms with E-state index in [0.717, 1.165) is 17.3 Å². The van der Waals surface area contributed by atoms with Gasteiger partial charge in [0.25, 0.3) is 0 Å². The normalized spacial score (nSPS) is 11.1. The number of hydrogen-bond acceptors (Lipinski definition) is 5. The minimum atomic E-state index is -3.60. The van der Waals surface area contributed by atoms with Crippen molar-refractivity contribution in [3.63, 3.8) is 0 Å². The molecule has 0 spiro atoms. The molecule has 0 atom stereocenters. The summed E-state index contributed by atoms with van der Waals surface area (Å²) >= 11 is 3.31. The van der Waals surface area contributed by atoms with Crippen molar-refractivity contribution in [2.24, 2.45) is 0 Å². The van der Waals surface area contributed by atoms with Gasteiger partial charge in [0.2, 0.25) is 5.91 Å². The lowest BCUT2D eigenvalue weighted by Crippen LogP contribution is -2.24. The Balaban J connectivity index is 2.04. The summed E-state index contributed by atoms with van der Waals surface area (Å²) in [4.78, 5) is 12.3. The number of amides is 1. The van der Waals surface area contributed by atoms with Crippen LogP contribution in [0.1, 0.15) is 32.3 Å². The standard InChI is InChI=1S/C21H26BrNO5S/c1-3-10-27-19-9-8-18(13-20(19)28-11-4-2)23-21(24)15-29(25,26)14-16-6-5-7-17(22)12-16/h5-9,12-13H,3-4,10-11,14-15H2,1-2H3,(H,23,24). The largest absolute Gasteiger partial charge is 0.490 e. The Labute approximate surface area is 180 Å². The number of benzene rings is 2. The fourth-order valence-corrected chi connectivity index (χ4v) is 4.28. The first kappa shape index (κ1) is 23.2. The van der Waals surface area contributed by atoms with E-state index in [0.29, 0.717) is 36.0 Å². The lowest BCUT2D eigenvalue weighted by atomic mass is 10.2. The molecule has 0 heterocycles. The topological polar surface area (TPSA) is 81.7 Å². The van der Waals surface area contributed by atoms with Gasteiger partial charge < -0.3 is 14.8 Å². The third kappa shape index (κ3) is 8.06. The van der Waals surface area contributed by atoms with E-state index >= 15 is 0 Å². The number of carbonyl (C=O) groups excluding carboxylic acids is 1. The van der Waals surface area contributed by atoms with Gasteiger partial charge in [-0.2, -0.15) is 0 Å². The highest BCUT2D eigenvalue weighted by atomic mass is 79.9. The molecule has 0 radical (unpaired) electrons. The van der Waals surface area contributed by atoms with Gasteiger partial charge in [0, 0.05) is 16.2 Å². The minimum Gasteiger partial charge on any atom is -0.490 e. The molecule has 2 aromatic rings. The van der Waals surface area contributed by atoms with Crippen LogP contribution in [0.15, 0.2) is 46.9 Å². The zero-order valence-corrected chi connectivity index (χ0v) is 19.0. The molecule has 8 heteroatoms. The molecule has 29 heavy (non-hydrogen) atoms. The van der Waals surface area contributed by atoms with Crippen molar-refractivity contribution in [3.05, 3.63) is 52.5 Å². The molecule has 0 saturated heterocycles. The summed E-state index contributed by atoms with van der Waals surface area (Å²) in [6.45, 7) is 5.08. The Bertz CT molecular complexity index is 930. The number of halogens is 1. The molecule has 1 N–H and O–H groups in total. The number of carbonyl (C=O) groups is 1. The third-order valence-electron chi connectivity index (χ3n) is 3.78. The second-order valence-corrected chi connectivity index (χ2v) is 9.55. The molecule has 2 aromatic carbocycles. The fourth-order valence-electron chi connectivity index (χ4n) is 2.57. The second-order valence-electron chi connectivity index (χ2n) is 6.57. The maximum absolute atomic E-state index is 12.4. The molecule has 1 amide bonds. The average Bonchev–Trinajstić information content (AvgIpc) is 2.64. The van der Waals surface area contributed by atoms with Gasteiger partial charge in [-0.15, -0.1) is 0 Å². The van der Waals surface area contributed by atoms with Crippen molar-refractivity contribution in [1.82, 2.24) is 0 Å². The van der Waals surface area contributed by atoms with E-state index in [1.807, 2.05) is 19.9 Å². The maximum atomic E-state index is 12.4. The first-order valence-electron chi connectivity index (χ1n) is 9.47. The summed E-state index contributed by atoms with van der Waals surface area (Å²) in [7, 11) is -3.60. The quantitative estimate of drug-likeness (QED) is 0.505. The molecule has 0 bridgehead atoms. The number of sulfone groups is 1. The molecule has 0 unspecified atom stereocenters. The molecule has 0 aliphatic rings.